The maximum atomic E-state index is 12.6. The number of aromatic amines is 1. The van der Waals surface area contributed by atoms with Crippen LogP contribution in [-0.2, 0) is 18.8 Å². The maximum absolute atomic E-state index is 12.6. The molecule has 0 saturated carbocycles. The molecule has 0 aliphatic heterocycles. The zero-order valence-corrected chi connectivity index (χ0v) is 19.0. The molecule has 0 spiro atoms. The molecular weight excluding hydrogens is 416 g/mol. The molecule has 11 heteroatoms. The van der Waals surface area contributed by atoms with Crippen molar-refractivity contribution in [1.29, 1.82) is 0 Å². The Balaban J connectivity index is 1.74. The van der Waals surface area contributed by atoms with E-state index in [0.29, 0.717) is 40.9 Å². The van der Waals surface area contributed by atoms with Crippen LogP contribution in [0.15, 0.2) is 20.8 Å². The lowest BCUT2D eigenvalue weighted by atomic mass is 10.3. The second-order valence-corrected chi connectivity index (χ2v) is 8.49. The van der Waals surface area contributed by atoms with Crippen molar-refractivity contribution >= 4 is 28.7 Å². The van der Waals surface area contributed by atoms with Crippen LogP contribution in [-0.4, -0.2) is 38.7 Å². The van der Waals surface area contributed by atoms with Gasteiger partial charge in [0.2, 0.25) is 5.16 Å². The summed E-state index contributed by atoms with van der Waals surface area (Å²) in [6, 6.07) is 1.96. The third-order valence-corrected chi connectivity index (χ3v) is 5.91. The Hall–Kier alpha value is -2.95. The first kappa shape index (κ1) is 21.3. The van der Waals surface area contributed by atoms with E-state index in [9.17, 15) is 9.59 Å². The summed E-state index contributed by atoms with van der Waals surface area (Å²) in [7, 11) is 0. The lowest BCUT2D eigenvalue weighted by Crippen LogP contribution is -2.31. The third kappa shape index (κ3) is 4.01. The van der Waals surface area contributed by atoms with Gasteiger partial charge in [-0.3, -0.25) is 14.3 Å². The number of nitrogens with one attached hydrogen (secondary N) is 1. The molecule has 1 N–H and O–H groups in total. The summed E-state index contributed by atoms with van der Waals surface area (Å²) in [5.74, 6) is 1.76. The van der Waals surface area contributed by atoms with Crippen LogP contribution in [0.1, 0.15) is 50.3 Å². The summed E-state index contributed by atoms with van der Waals surface area (Å²) in [5.41, 5.74) is 1.94. The summed E-state index contributed by atoms with van der Waals surface area (Å²) in [6.07, 6.45) is 2.62. The van der Waals surface area contributed by atoms with E-state index in [-0.39, 0.29) is 0 Å². The van der Waals surface area contributed by atoms with Crippen molar-refractivity contribution in [2.75, 3.05) is 0 Å². The average molecular weight is 443 g/mol. The fourth-order valence-corrected chi connectivity index (χ4v) is 4.42. The zero-order valence-electron chi connectivity index (χ0n) is 18.2. The number of aromatic nitrogens is 8. The number of thioether (sulfide) groups is 1. The molecule has 0 amide bonds. The van der Waals surface area contributed by atoms with E-state index in [1.54, 1.807) is 9.08 Å². The van der Waals surface area contributed by atoms with Gasteiger partial charge in [-0.1, -0.05) is 32.0 Å². The fourth-order valence-electron chi connectivity index (χ4n) is 3.65. The summed E-state index contributed by atoms with van der Waals surface area (Å²) in [4.78, 5) is 41.1. The monoisotopic (exact) mass is 442 g/mol. The molecule has 0 aromatic carbocycles. The maximum Gasteiger partial charge on any atom is 0.330 e. The van der Waals surface area contributed by atoms with E-state index in [1.807, 2.05) is 31.4 Å². The van der Waals surface area contributed by atoms with Crippen LogP contribution in [0, 0.1) is 13.8 Å². The van der Waals surface area contributed by atoms with Crippen LogP contribution in [0.3, 0.4) is 0 Å². The Kier molecular flexibility index (Phi) is 5.94. The van der Waals surface area contributed by atoms with Crippen LogP contribution in [0.4, 0.5) is 0 Å². The second-order valence-electron chi connectivity index (χ2n) is 7.55. The topological polar surface area (TPSA) is 116 Å². The van der Waals surface area contributed by atoms with Crippen molar-refractivity contribution in [3.05, 3.63) is 44.1 Å². The van der Waals surface area contributed by atoms with Gasteiger partial charge in [-0.15, -0.1) is 5.10 Å². The third-order valence-electron chi connectivity index (χ3n) is 5.08. The number of fused-ring (bicyclic) bond motifs is 2. The average Bonchev–Trinajstić information content (AvgIpc) is 3.28. The number of aryl methyl sites for hydroxylation is 4. The normalized spacial score (nSPS) is 11.7. The van der Waals surface area contributed by atoms with Crippen molar-refractivity contribution in [2.45, 2.75) is 71.0 Å². The van der Waals surface area contributed by atoms with Gasteiger partial charge >= 0.3 is 5.69 Å². The molecule has 4 aromatic rings. The molecule has 0 radical (unpaired) electrons. The van der Waals surface area contributed by atoms with Crippen LogP contribution in [0.25, 0.3) is 16.9 Å². The lowest BCUT2D eigenvalue weighted by molar-refractivity contribution is 0.612. The van der Waals surface area contributed by atoms with Gasteiger partial charge in [-0.05, 0) is 32.8 Å². The Morgan fingerprint density at radius 3 is 2.58 bits per heavy atom. The number of rotatable bonds is 8. The lowest BCUT2D eigenvalue weighted by Gasteiger charge is -2.07. The summed E-state index contributed by atoms with van der Waals surface area (Å²) in [5, 5.41) is 5.12. The Labute approximate surface area is 182 Å². The van der Waals surface area contributed by atoms with E-state index < -0.39 is 11.2 Å². The number of H-pyrrole nitrogens is 1. The summed E-state index contributed by atoms with van der Waals surface area (Å²) < 4.78 is 5.20. The molecule has 0 unspecified atom stereocenters. The van der Waals surface area contributed by atoms with E-state index >= 15 is 0 Å². The molecule has 10 nitrogen and oxygen atoms in total. The SMILES string of the molecule is CCCCn1c(=O)[nH]c(=O)c2c1nc(CSc1nc3nc(C)cc(C)n3n1)n2CCC. The molecule has 4 heterocycles. The largest absolute Gasteiger partial charge is 0.330 e. The molecule has 0 aliphatic carbocycles. The van der Waals surface area contributed by atoms with Crippen LogP contribution in [0.2, 0.25) is 0 Å². The Bertz CT molecular complexity index is 1360. The smallest absolute Gasteiger partial charge is 0.321 e. The minimum Gasteiger partial charge on any atom is -0.321 e. The minimum atomic E-state index is -0.412. The van der Waals surface area contributed by atoms with Gasteiger partial charge in [0, 0.05) is 24.5 Å². The highest BCUT2D eigenvalue weighted by atomic mass is 32.2. The van der Waals surface area contributed by atoms with Crippen molar-refractivity contribution < 1.29 is 0 Å². The molecule has 0 saturated heterocycles. The van der Waals surface area contributed by atoms with Gasteiger partial charge in [0.05, 0.1) is 5.75 Å². The summed E-state index contributed by atoms with van der Waals surface area (Å²) >= 11 is 1.44. The number of imidazole rings is 1. The fraction of sp³-hybridized carbons (Fsp3) is 0.500. The van der Waals surface area contributed by atoms with Gasteiger partial charge in [-0.2, -0.15) is 4.98 Å². The van der Waals surface area contributed by atoms with Crippen molar-refractivity contribution in [1.82, 2.24) is 38.7 Å². The second kappa shape index (κ2) is 8.66. The van der Waals surface area contributed by atoms with Crippen LogP contribution in [0.5, 0.6) is 0 Å². The molecule has 4 aromatic heterocycles. The molecule has 0 bridgehead atoms. The first-order valence-corrected chi connectivity index (χ1v) is 11.5. The molecule has 0 fully saturated rings. The molecule has 164 valence electrons. The predicted octanol–water partition coefficient (Wildman–Crippen LogP) is 2.44. The number of hydrogen-bond acceptors (Lipinski definition) is 7. The van der Waals surface area contributed by atoms with Gasteiger partial charge in [0.15, 0.2) is 11.2 Å². The highest BCUT2D eigenvalue weighted by Gasteiger charge is 2.19. The standard InChI is InChI=1S/C20H26N8O2S/c1-5-7-9-27-16-15(17(29)23-20(27)30)26(8-6-2)14(22-16)11-31-19-24-18-21-12(3)10-13(4)28(18)25-19/h10H,5-9,11H2,1-4H3,(H,23,29,30). The van der Waals surface area contributed by atoms with Crippen molar-refractivity contribution in [3.63, 3.8) is 0 Å². The molecular formula is C20H26N8O2S. The van der Waals surface area contributed by atoms with Gasteiger partial charge < -0.3 is 4.57 Å². The highest BCUT2D eigenvalue weighted by molar-refractivity contribution is 7.98. The minimum absolute atomic E-state index is 0.397. The van der Waals surface area contributed by atoms with Crippen LogP contribution >= 0.6 is 11.8 Å². The molecule has 0 atom stereocenters. The van der Waals surface area contributed by atoms with E-state index in [2.05, 4.69) is 27.0 Å². The zero-order chi connectivity index (χ0) is 22.1. The van der Waals surface area contributed by atoms with Crippen molar-refractivity contribution in [2.24, 2.45) is 0 Å². The van der Waals surface area contributed by atoms with Gasteiger partial charge in [0.1, 0.15) is 5.82 Å². The number of unbranched alkanes of at least 4 members (excludes halogenated alkanes) is 1. The van der Waals surface area contributed by atoms with Crippen LogP contribution < -0.4 is 11.2 Å². The van der Waals surface area contributed by atoms with Gasteiger partial charge in [-0.25, -0.2) is 19.3 Å². The van der Waals surface area contributed by atoms with Gasteiger partial charge in [0.25, 0.3) is 11.3 Å². The molecule has 31 heavy (non-hydrogen) atoms. The first-order valence-electron chi connectivity index (χ1n) is 10.5. The molecule has 4 rings (SSSR count). The van der Waals surface area contributed by atoms with Crippen molar-refractivity contribution in [3.8, 4) is 0 Å². The van der Waals surface area contributed by atoms with E-state index in [1.165, 1.54) is 11.8 Å². The summed E-state index contributed by atoms with van der Waals surface area (Å²) in [6.45, 7) is 9.16. The Morgan fingerprint density at radius 1 is 1.03 bits per heavy atom. The van der Waals surface area contributed by atoms with E-state index in [0.717, 1.165) is 36.5 Å². The number of nitrogens with zero attached hydrogens (tertiary/aromatic N) is 7. The predicted molar refractivity (Wildman–Crippen MR) is 120 cm³/mol. The number of hydrogen-bond donors (Lipinski definition) is 1. The highest BCUT2D eigenvalue weighted by Crippen LogP contribution is 2.22. The quantitative estimate of drug-likeness (QED) is 0.417. The molecule has 0 aliphatic rings. The first-order chi connectivity index (χ1) is 14.9. The van der Waals surface area contributed by atoms with E-state index in [4.69, 9.17) is 4.98 Å². The Morgan fingerprint density at radius 2 is 1.84 bits per heavy atom.